The fraction of sp³-hybridized carbons (Fsp3) is 0.250. The standard InChI is InChI=1S/C16H17/c1-13-7-9-15(10-8-13)11-12-16-6-4-3-5-14(16)2/h3-5,7-10H,11-12H2,1-2H3. The average molecular weight is 209 g/mol. The third-order valence-corrected chi connectivity index (χ3v) is 2.96. The van der Waals surface area contributed by atoms with E-state index in [2.05, 4.69) is 50.2 Å². The Morgan fingerprint density at radius 3 is 2.38 bits per heavy atom. The molecule has 2 aromatic carbocycles. The van der Waals surface area contributed by atoms with Gasteiger partial charge in [-0.25, -0.2) is 0 Å². The highest BCUT2D eigenvalue weighted by atomic mass is 14.0. The van der Waals surface area contributed by atoms with E-state index in [1.807, 2.05) is 12.1 Å². The second-order valence-corrected chi connectivity index (χ2v) is 4.32. The Morgan fingerprint density at radius 2 is 1.69 bits per heavy atom. The van der Waals surface area contributed by atoms with Crippen LogP contribution in [0.1, 0.15) is 22.3 Å². The van der Waals surface area contributed by atoms with E-state index in [1.54, 1.807) is 0 Å². The molecule has 0 atom stereocenters. The van der Waals surface area contributed by atoms with Gasteiger partial charge in [0.15, 0.2) is 0 Å². The van der Waals surface area contributed by atoms with Crippen molar-refractivity contribution in [2.24, 2.45) is 0 Å². The van der Waals surface area contributed by atoms with Crippen LogP contribution < -0.4 is 0 Å². The van der Waals surface area contributed by atoms with Crippen molar-refractivity contribution < 1.29 is 0 Å². The molecular formula is C16H17. The molecule has 16 heavy (non-hydrogen) atoms. The summed E-state index contributed by atoms with van der Waals surface area (Å²) < 4.78 is 0. The SMILES string of the molecule is Cc1ccc(CCc2[c]cccc2C)cc1. The molecule has 0 spiro atoms. The van der Waals surface area contributed by atoms with Gasteiger partial charge in [-0.3, -0.25) is 0 Å². The second-order valence-electron chi connectivity index (χ2n) is 4.32. The summed E-state index contributed by atoms with van der Waals surface area (Å²) in [5, 5.41) is 0. The summed E-state index contributed by atoms with van der Waals surface area (Å²) in [5.41, 5.74) is 5.41. The second kappa shape index (κ2) is 4.98. The van der Waals surface area contributed by atoms with Crippen molar-refractivity contribution in [3.63, 3.8) is 0 Å². The molecular weight excluding hydrogens is 192 g/mol. The minimum absolute atomic E-state index is 1.08. The lowest BCUT2D eigenvalue weighted by Crippen LogP contribution is -1.94. The molecule has 2 rings (SSSR count). The van der Waals surface area contributed by atoms with Gasteiger partial charge in [0.1, 0.15) is 0 Å². The summed E-state index contributed by atoms with van der Waals surface area (Å²) in [7, 11) is 0. The van der Waals surface area contributed by atoms with Crippen LogP contribution in [0.5, 0.6) is 0 Å². The van der Waals surface area contributed by atoms with E-state index in [4.69, 9.17) is 0 Å². The van der Waals surface area contributed by atoms with Gasteiger partial charge >= 0.3 is 0 Å². The smallest absolute Gasteiger partial charge is 0.0146 e. The molecule has 0 amide bonds. The number of benzene rings is 2. The van der Waals surface area contributed by atoms with E-state index in [0.717, 1.165) is 12.8 Å². The van der Waals surface area contributed by atoms with Crippen LogP contribution in [0.25, 0.3) is 0 Å². The Labute approximate surface area is 97.9 Å². The van der Waals surface area contributed by atoms with Gasteiger partial charge in [0.05, 0.1) is 0 Å². The van der Waals surface area contributed by atoms with Gasteiger partial charge in [-0.1, -0.05) is 48.0 Å². The predicted octanol–water partition coefficient (Wildman–Crippen LogP) is 3.89. The first-order valence-electron chi connectivity index (χ1n) is 5.77. The van der Waals surface area contributed by atoms with E-state index >= 15 is 0 Å². The van der Waals surface area contributed by atoms with Crippen LogP contribution in [0.4, 0.5) is 0 Å². The van der Waals surface area contributed by atoms with Gasteiger partial charge in [-0.2, -0.15) is 0 Å². The Bertz CT molecular complexity index is 452. The highest BCUT2D eigenvalue weighted by Gasteiger charge is 1.98. The highest BCUT2D eigenvalue weighted by Crippen LogP contribution is 2.11. The van der Waals surface area contributed by atoms with Crippen molar-refractivity contribution in [1.29, 1.82) is 0 Å². The van der Waals surface area contributed by atoms with Crippen molar-refractivity contribution in [3.8, 4) is 0 Å². The van der Waals surface area contributed by atoms with Crippen molar-refractivity contribution in [3.05, 3.63) is 70.8 Å². The molecule has 0 fully saturated rings. The summed E-state index contributed by atoms with van der Waals surface area (Å²) in [4.78, 5) is 0. The molecule has 0 aliphatic carbocycles. The zero-order valence-corrected chi connectivity index (χ0v) is 9.96. The highest BCUT2D eigenvalue weighted by molar-refractivity contribution is 5.27. The van der Waals surface area contributed by atoms with Crippen molar-refractivity contribution in [2.45, 2.75) is 26.7 Å². The van der Waals surface area contributed by atoms with Gasteiger partial charge in [0, 0.05) is 0 Å². The maximum atomic E-state index is 3.32. The molecule has 0 bridgehead atoms. The van der Waals surface area contributed by atoms with Crippen molar-refractivity contribution in [1.82, 2.24) is 0 Å². The molecule has 0 nitrogen and oxygen atoms in total. The molecule has 0 aliphatic heterocycles. The Kier molecular flexibility index (Phi) is 3.40. The van der Waals surface area contributed by atoms with Gasteiger partial charge in [0.2, 0.25) is 0 Å². The maximum absolute atomic E-state index is 3.32. The lowest BCUT2D eigenvalue weighted by Gasteiger charge is -2.05. The molecule has 2 aromatic rings. The zero-order chi connectivity index (χ0) is 11.4. The van der Waals surface area contributed by atoms with Gasteiger partial charge < -0.3 is 0 Å². The van der Waals surface area contributed by atoms with Crippen LogP contribution in [0.2, 0.25) is 0 Å². The minimum Gasteiger partial charge on any atom is -0.0614 e. The quantitative estimate of drug-likeness (QED) is 0.719. The van der Waals surface area contributed by atoms with E-state index in [0.29, 0.717) is 0 Å². The molecule has 1 radical (unpaired) electrons. The van der Waals surface area contributed by atoms with Crippen LogP contribution in [0.15, 0.2) is 42.5 Å². The van der Waals surface area contributed by atoms with Gasteiger partial charge in [-0.05, 0) is 49.4 Å². The van der Waals surface area contributed by atoms with Gasteiger partial charge in [0.25, 0.3) is 0 Å². The molecule has 0 saturated carbocycles. The number of hydrogen-bond donors (Lipinski definition) is 0. The molecule has 0 aromatic heterocycles. The fourth-order valence-corrected chi connectivity index (χ4v) is 1.85. The summed E-state index contributed by atoms with van der Waals surface area (Å²) in [6.45, 7) is 4.28. The summed E-state index contributed by atoms with van der Waals surface area (Å²) in [6.07, 6.45) is 2.18. The van der Waals surface area contributed by atoms with Crippen LogP contribution in [-0.2, 0) is 12.8 Å². The predicted molar refractivity (Wildman–Crippen MR) is 68.6 cm³/mol. The normalized spacial score (nSPS) is 10.4. The van der Waals surface area contributed by atoms with Crippen molar-refractivity contribution >= 4 is 0 Å². The third-order valence-electron chi connectivity index (χ3n) is 2.96. The van der Waals surface area contributed by atoms with E-state index in [-0.39, 0.29) is 0 Å². The van der Waals surface area contributed by atoms with Crippen LogP contribution >= 0.6 is 0 Å². The average Bonchev–Trinajstić information content (AvgIpc) is 2.30. The lowest BCUT2D eigenvalue weighted by atomic mass is 10.0. The van der Waals surface area contributed by atoms with E-state index < -0.39 is 0 Å². The minimum atomic E-state index is 1.08. The van der Waals surface area contributed by atoms with Gasteiger partial charge in [-0.15, -0.1) is 0 Å². The van der Waals surface area contributed by atoms with Crippen molar-refractivity contribution in [2.75, 3.05) is 0 Å². The molecule has 81 valence electrons. The molecule has 0 N–H and O–H groups in total. The Morgan fingerprint density at radius 1 is 0.938 bits per heavy atom. The molecule has 0 saturated heterocycles. The van der Waals surface area contributed by atoms with E-state index in [9.17, 15) is 0 Å². The summed E-state index contributed by atoms with van der Waals surface area (Å²) in [5.74, 6) is 0. The monoisotopic (exact) mass is 209 g/mol. The zero-order valence-electron chi connectivity index (χ0n) is 9.96. The first-order valence-corrected chi connectivity index (χ1v) is 5.77. The number of rotatable bonds is 3. The largest absolute Gasteiger partial charge is 0.0614 e. The topological polar surface area (TPSA) is 0 Å². The maximum Gasteiger partial charge on any atom is -0.0146 e. The first kappa shape index (κ1) is 10.9. The Balaban J connectivity index is 2.02. The molecule has 0 heterocycles. The van der Waals surface area contributed by atoms with E-state index in [1.165, 1.54) is 22.3 Å². The summed E-state index contributed by atoms with van der Waals surface area (Å²) >= 11 is 0. The first-order chi connectivity index (χ1) is 7.75. The van der Waals surface area contributed by atoms with Crippen LogP contribution in [0.3, 0.4) is 0 Å². The summed E-state index contributed by atoms with van der Waals surface area (Å²) in [6, 6.07) is 18.3. The Hall–Kier alpha value is -1.56. The number of hydrogen-bond acceptors (Lipinski definition) is 0. The third kappa shape index (κ3) is 2.73. The van der Waals surface area contributed by atoms with Crippen LogP contribution in [0, 0.1) is 19.9 Å². The fourth-order valence-electron chi connectivity index (χ4n) is 1.85. The molecule has 0 aliphatic rings. The lowest BCUT2D eigenvalue weighted by molar-refractivity contribution is 0.946. The van der Waals surface area contributed by atoms with Crippen LogP contribution in [-0.4, -0.2) is 0 Å². The molecule has 0 heteroatoms. The molecule has 0 unspecified atom stereocenters. The number of aryl methyl sites for hydroxylation is 4.